The van der Waals surface area contributed by atoms with Crippen molar-refractivity contribution >= 4 is 40.9 Å². The summed E-state index contributed by atoms with van der Waals surface area (Å²) >= 11 is 10.3. The molecule has 0 amide bonds. The minimum atomic E-state index is 0.379. The van der Waals surface area contributed by atoms with Gasteiger partial charge in [0.05, 0.1) is 10.3 Å². The van der Waals surface area contributed by atoms with E-state index in [9.17, 15) is 0 Å². The molecule has 122 valence electrons. The molecule has 6 heteroatoms. The monoisotopic (exact) mass is 365 g/mol. The van der Waals surface area contributed by atoms with Crippen molar-refractivity contribution in [3.63, 3.8) is 0 Å². The quantitative estimate of drug-likeness (QED) is 0.828. The van der Waals surface area contributed by atoms with Crippen LogP contribution in [0.1, 0.15) is 28.3 Å². The molecular formula is C17H20ClN3S2. The lowest BCUT2D eigenvalue weighted by molar-refractivity contribution is 0.894. The van der Waals surface area contributed by atoms with E-state index in [0.717, 1.165) is 29.4 Å². The number of rotatable bonds is 4. The molecule has 3 nitrogen and oxygen atoms in total. The highest BCUT2D eigenvalue weighted by Gasteiger charge is 2.24. The maximum Gasteiger partial charge on any atom is 0.148 e. The van der Waals surface area contributed by atoms with Crippen LogP contribution in [0.3, 0.4) is 0 Å². The number of halogens is 1. The highest BCUT2D eigenvalue weighted by Crippen LogP contribution is 2.44. The Bertz CT molecular complexity index is 655. The Morgan fingerprint density at radius 1 is 1.17 bits per heavy atom. The molecule has 2 heterocycles. The van der Waals surface area contributed by atoms with Gasteiger partial charge in [-0.1, -0.05) is 48.4 Å². The molecule has 1 fully saturated rings. The number of nitrogens with one attached hydrogen (secondary N) is 1. The molecule has 0 radical (unpaired) electrons. The van der Waals surface area contributed by atoms with E-state index in [1.165, 1.54) is 11.1 Å². The van der Waals surface area contributed by atoms with Gasteiger partial charge in [-0.15, -0.1) is 23.5 Å². The van der Waals surface area contributed by atoms with Gasteiger partial charge >= 0.3 is 0 Å². The summed E-state index contributed by atoms with van der Waals surface area (Å²) < 4.78 is 0.515. The second-order valence-corrected chi connectivity index (χ2v) is 8.54. The van der Waals surface area contributed by atoms with E-state index >= 15 is 0 Å². The van der Waals surface area contributed by atoms with Gasteiger partial charge in [0.1, 0.15) is 17.2 Å². The smallest absolute Gasteiger partial charge is 0.148 e. The van der Waals surface area contributed by atoms with E-state index in [-0.39, 0.29) is 0 Å². The fourth-order valence-corrected chi connectivity index (χ4v) is 5.66. The molecule has 1 N–H and O–H groups in total. The van der Waals surface area contributed by atoms with Crippen LogP contribution >= 0.6 is 35.1 Å². The highest BCUT2D eigenvalue weighted by molar-refractivity contribution is 8.17. The van der Waals surface area contributed by atoms with E-state index in [1.807, 2.05) is 23.5 Å². The third kappa shape index (κ3) is 4.14. The molecule has 1 aromatic heterocycles. The summed E-state index contributed by atoms with van der Waals surface area (Å²) in [6.07, 6.45) is 2.41. The summed E-state index contributed by atoms with van der Waals surface area (Å²) in [6, 6.07) is 9.23. The van der Waals surface area contributed by atoms with Crippen LogP contribution in [-0.2, 0) is 6.42 Å². The van der Waals surface area contributed by atoms with Crippen LogP contribution in [0.15, 0.2) is 30.6 Å². The third-order valence-electron chi connectivity index (χ3n) is 3.78. The van der Waals surface area contributed by atoms with Crippen LogP contribution < -0.4 is 5.32 Å². The van der Waals surface area contributed by atoms with Crippen LogP contribution in [0.4, 0.5) is 5.82 Å². The normalized spacial score (nSPS) is 21.2. The Morgan fingerprint density at radius 2 is 1.87 bits per heavy atom. The van der Waals surface area contributed by atoms with Crippen molar-refractivity contribution in [3.8, 4) is 0 Å². The van der Waals surface area contributed by atoms with E-state index in [0.29, 0.717) is 15.6 Å². The van der Waals surface area contributed by atoms with Gasteiger partial charge in [-0.2, -0.15) is 0 Å². The number of thioether (sulfide) groups is 2. The van der Waals surface area contributed by atoms with Crippen molar-refractivity contribution in [1.29, 1.82) is 0 Å². The summed E-state index contributed by atoms with van der Waals surface area (Å²) in [4.78, 5) is 8.51. The lowest BCUT2D eigenvalue weighted by atomic mass is 10.2. The van der Waals surface area contributed by atoms with Crippen LogP contribution in [0, 0.1) is 6.92 Å². The summed E-state index contributed by atoms with van der Waals surface area (Å²) in [5.41, 5.74) is 3.61. The number of nitrogens with zero attached hydrogens (tertiary/aromatic N) is 2. The first-order valence-electron chi connectivity index (χ1n) is 7.73. The van der Waals surface area contributed by atoms with Crippen molar-refractivity contribution in [3.05, 3.63) is 52.4 Å². The van der Waals surface area contributed by atoms with Gasteiger partial charge in [0.15, 0.2) is 0 Å². The van der Waals surface area contributed by atoms with Gasteiger partial charge < -0.3 is 5.32 Å². The number of anilines is 1. The van der Waals surface area contributed by atoms with Gasteiger partial charge in [-0.05, 0) is 18.9 Å². The second kappa shape index (κ2) is 7.77. The number of aromatic nitrogens is 2. The molecule has 0 spiro atoms. The average molecular weight is 366 g/mol. The molecule has 1 aliphatic rings. The van der Waals surface area contributed by atoms with Crippen LogP contribution in [0.5, 0.6) is 0 Å². The van der Waals surface area contributed by atoms with Crippen LogP contribution in [-0.4, -0.2) is 27.5 Å². The zero-order valence-electron chi connectivity index (χ0n) is 13.3. The minimum Gasteiger partial charge on any atom is -0.364 e. The first-order chi connectivity index (χ1) is 11.2. The van der Waals surface area contributed by atoms with Gasteiger partial charge in [0, 0.05) is 17.5 Å². The number of hydrogen-bond donors (Lipinski definition) is 1. The third-order valence-corrected chi connectivity index (χ3v) is 7.34. The summed E-state index contributed by atoms with van der Waals surface area (Å²) in [5, 5.41) is 4.14. The fraction of sp³-hybridized carbons (Fsp3) is 0.412. The van der Waals surface area contributed by atoms with Crippen molar-refractivity contribution < 1.29 is 0 Å². The van der Waals surface area contributed by atoms with Crippen LogP contribution in [0.2, 0.25) is 5.02 Å². The van der Waals surface area contributed by atoms with Crippen molar-refractivity contribution in [2.24, 2.45) is 0 Å². The molecule has 2 aromatic rings. The molecule has 23 heavy (non-hydrogen) atoms. The Balaban J connectivity index is 1.60. The van der Waals surface area contributed by atoms with Crippen molar-refractivity contribution in [2.75, 3.05) is 16.8 Å². The second-order valence-electron chi connectivity index (χ2n) is 5.59. The Kier molecular flexibility index (Phi) is 5.72. The highest BCUT2D eigenvalue weighted by atomic mass is 35.5. The standard InChI is InChI=1S/C17H20ClN3S2/c1-3-14-15(18)16(20-10-19-14)21-13-8-22-17(23-9-13)12-6-4-11(2)5-7-12/h4-7,10,13,17H,3,8-9H2,1-2H3,(H,19,20,21)/t13-,17+. The lowest BCUT2D eigenvalue weighted by Gasteiger charge is -2.29. The molecule has 0 atom stereocenters. The topological polar surface area (TPSA) is 37.8 Å². The number of benzene rings is 1. The van der Waals surface area contributed by atoms with E-state index in [1.54, 1.807) is 6.33 Å². The minimum absolute atomic E-state index is 0.379. The molecule has 1 aromatic carbocycles. The lowest BCUT2D eigenvalue weighted by Crippen LogP contribution is -2.29. The maximum absolute atomic E-state index is 6.37. The Labute approximate surface area is 151 Å². The summed E-state index contributed by atoms with van der Waals surface area (Å²) in [6.45, 7) is 4.18. The van der Waals surface area contributed by atoms with Gasteiger partial charge in [-0.25, -0.2) is 9.97 Å². The summed E-state index contributed by atoms with van der Waals surface area (Å²) in [7, 11) is 0. The predicted molar refractivity (Wildman–Crippen MR) is 103 cm³/mol. The number of aryl methyl sites for hydroxylation is 2. The molecule has 0 bridgehead atoms. The molecule has 1 aliphatic heterocycles. The molecule has 1 saturated heterocycles. The number of hydrogen-bond acceptors (Lipinski definition) is 5. The predicted octanol–water partition coefficient (Wildman–Crippen LogP) is 4.96. The SMILES string of the molecule is CCc1ncnc(N[C@H]2CS[C@@H](c3ccc(C)cc3)SC2)c1Cl. The van der Waals surface area contributed by atoms with E-state index < -0.39 is 0 Å². The zero-order valence-corrected chi connectivity index (χ0v) is 15.6. The van der Waals surface area contributed by atoms with E-state index in [4.69, 9.17) is 11.6 Å². The van der Waals surface area contributed by atoms with Gasteiger partial charge in [0.25, 0.3) is 0 Å². The molecule has 3 rings (SSSR count). The molecular weight excluding hydrogens is 346 g/mol. The van der Waals surface area contributed by atoms with E-state index in [2.05, 4.69) is 53.4 Å². The molecule has 0 unspecified atom stereocenters. The maximum atomic E-state index is 6.37. The van der Waals surface area contributed by atoms with Crippen LogP contribution in [0.25, 0.3) is 0 Å². The Morgan fingerprint density at radius 3 is 2.52 bits per heavy atom. The summed E-state index contributed by atoms with van der Waals surface area (Å²) in [5.74, 6) is 2.86. The van der Waals surface area contributed by atoms with Gasteiger partial charge in [-0.3, -0.25) is 0 Å². The average Bonchev–Trinajstić information content (AvgIpc) is 2.58. The van der Waals surface area contributed by atoms with Crippen molar-refractivity contribution in [2.45, 2.75) is 30.9 Å². The largest absolute Gasteiger partial charge is 0.364 e. The zero-order chi connectivity index (χ0) is 16.2. The molecule has 0 saturated carbocycles. The molecule has 0 aliphatic carbocycles. The fourth-order valence-electron chi connectivity index (χ4n) is 2.45. The first kappa shape index (κ1) is 16.9. The Hall–Kier alpha value is -0.910. The van der Waals surface area contributed by atoms with Crippen molar-refractivity contribution in [1.82, 2.24) is 9.97 Å². The van der Waals surface area contributed by atoms with Gasteiger partial charge in [0.2, 0.25) is 0 Å². The first-order valence-corrected chi connectivity index (χ1v) is 10.2.